The van der Waals surface area contributed by atoms with Gasteiger partial charge in [0, 0.05) is 18.4 Å². The van der Waals surface area contributed by atoms with Gasteiger partial charge in [0.25, 0.3) is 0 Å². The normalized spacial score (nSPS) is 11.7. The first-order valence-electron chi connectivity index (χ1n) is 6.43. The predicted molar refractivity (Wildman–Crippen MR) is 81.8 cm³/mol. The van der Waals surface area contributed by atoms with Gasteiger partial charge in [0.1, 0.15) is 0 Å². The van der Waals surface area contributed by atoms with Crippen molar-refractivity contribution in [3.05, 3.63) is 35.4 Å². The van der Waals surface area contributed by atoms with Gasteiger partial charge in [-0.15, -0.1) is 0 Å². The lowest BCUT2D eigenvalue weighted by molar-refractivity contribution is -0.131. The summed E-state index contributed by atoms with van der Waals surface area (Å²) in [5.41, 5.74) is 1.83. The summed E-state index contributed by atoms with van der Waals surface area (Å²) in [6.07, 6.45) is 2.41. The van der Waals surface area contributed by atoms with E-state index in [2.05, 4.69) is 4.72 Å². The maximum atomic E-state index is 11.9. The average molecular weight is 313 g/mol. The highest BCUT2D eigenvalue weighted by Crippen LogP contribution is 2.17. The van der Waals surface area contributed by atoms with Crippen LogP contribution in [-0.2, 0) is 19.6 Å². The van der Waals surface area contributed by atoms with Crippen molar-refractivity contribution in [1.29, 1.82) is 0 Å². The minimum Gasteiger partial charge on any atom is -0.478 e. The molecule has 6 nitrogen and oxygen atoms in total. The number of hydrogen-bond donors (Lipinski definition) is 2. The molecule has 21 heavy (non-hydrogen) atoms. The number of aliphatic carboxylic acids is 1. The molecule has 0 saturated carbocycles. The standard InChI is InChI=1S/C14H19NO5S/c1-3-20-6-7-21(18,19)15-13-9-11(2)8-12(10-13)4-5-14(16)17/h4-5,8-10,15H,3,6-7H2,1-2H3,(H,16,17)/b5-4+. The van der Waals surface area contributed by atoms with Gasteiger partial charge in [-0.3, -0.25) is 4.72 Å². The molecule has 2 N–H and O–H groups in total. The molecule has 0 amide bonds. The van der Waals surface area contributed by atoms with E-state index >= 15 is 0 Å². The number of aryl methyl sites for hydroxylation is 1. The molecule has 0 aliphatic heterocycles. The van der Waals surface area contributed by atoms with Crippen molar-refractivity contribution in [2.24, 2.45) is 0 Å². The second-order valence-electron chi connectivity index (χ2n) is 4.42. The molecule has 0 heterocycles. The van der Waals surface area contributed by atoms with Crippen LogP contribution < -0.4 is 4.72 Å². The molecule has 1 rings (SSSR count). The number of ether oxygens (including phenoxy) is 1. The third kappa shape index (κ3) is 6.92. The molecule has 0 atom stereocenters. The third-order valence-corrected chi connectivity index (χ3v) is 3.74. The fraction of sp³-hybridized carbons (Fsp3) is 0.357. The molecule has 0 unspecified atom stereocenters. The van der Waals surface area contributed by atoms with E-state index in [0.29, 0.717) is 17.9 Å². The first-order valence-corrected chi connectivity index (χ1v) is 8.08. The van der Waals surface area contributed by atoms with Gasteiger partial charge in [-0.05, 0) is 43.2 Å². The van der Waals surface area contributed by atoms with Crippen LogP contribution in [0.1, 0.15) is 18.1 Å². The van der Waals surface area contributed by atoms with E-state index in [9.17, 15) is 13.2 Å². The summed E-state index contributed by atoms with van der Waals surface area (Å²) in [6.45, 7) is 4.19. The number of nitrogens with one attached hydrogen (secondary N) is 1. The molecular weight excluding hydrogens is 294 g/mol. The van der Waals surface area contributed by atoms with E-state index in [0.717, 1.165) is 11.6 Å². The van der Waals surface area contributed by atoms with Gasteiger partial charge < -0.3 is 9.84 Å². The maximum absolute atomic E-state index is 11.9. The molecule has 0 fully saturated rings. The van der Waals surface area contributed by atoms with Crippen molar-refractivity contribution in [1.82, 2.24) is 0 Å². The number of carboxylic acids is 1. The van der Waals surface area contributed by atoms with Crippen LogP contribution in [0.5, 0.6) is 0 Å². The van der Waals surface area contributed by atoms with E-state index in [1.165, 1.54) is 6.08 Å². The summed E-state index contributed by atoms with van der Waals surface area (Å²) in [4.78, 5) is 10.5. The zero-order valence-corrected chi connectivity index (χ0v) is 12.8. The van der Waals surface area contributed by atoms with Crippen molar-refractivity contribution in [2.45, 2.75) is 13.8 Å². The highest BCUT2D eigenvalue weighted by Gasteiger charge is 2.10. The van der Waals surface area contributed by atoms with Crippen LogP contribution in [-0.4, -0.2) is 38.5 Å². The van der Waals surface area contributed by atoms with Crippen molar-refractivity contribution in [3.63, 3.8) is 0 Å². The molecule has 0 bridgehead atoms. The summed E-state index contributed by atoms with van der Waals surface area (Å²) in [7, 11) is -3.49. The fourth-order valence-electron chi connectivity index (χ4n) is 1.68. The first-order chi connectivity index (χ1) is 9.82. The van der Waals surface area contributed by atoms with Crippen LogP contribution in [0.4, 0.5) is 5.69 Å². The molecule has 0 radical (unpaired) electrons. The highest BCUT2D eigenvalue weighted by molar-refractivity contribution is 7.92. The molecule has 1 aromatic rings. The van der Waals surface area contributed by atoms with E-state index in [1.807, 2.05) is 0 Å². The van der Waals surface area contributed by atoms with Crippen LogP contribution in [0.2, 0.25) is 0 Å². The van der Waals surface area contributed by atoms with Crippen molar-refractivity contribution in [2.75, 3.05) is 23.7 Å². The second-order valence-corrected chi connectivity index (χ2v) is 6.26. The Hall–Kier alpha value is -1.86. The quantitative estimate of drug-likeness (QED) is 0.564. The molecule has 1 aromatic carbocycles. The Morgan fingerprint density at radius 2 is 2.10 bits per heavy atom. The minimum absolute atomic E-state index is 0.128. The van der Waals surface area contributed by atoms with Gasteiger partial charge in [-0.1, -0.05) is 6.07 Å². The second kappa shape index (κ2) is 7.80. The summed E-state index contributed by atoms with van der Waals surface area (Å²) in [5, 5.41) is 8.61. The SMILES string of the molecule is CCOCCS(=O)(=O)Nc1cc(C)cc(/C=C/C(=O)O)c1. The predicted octanol–water partition coefficient (Wildman–Crippen LogP) is 1.87. The Balaban J connectivity index is 2.86. The molecular formula is C14H19NO5S. The Kier molecular flexibility index (Phi) is 6.39. The molecule has 0 aromatic heterocycles. The average Bonchev–Trinajstić information content (AvgIpc) is 2.35. The number of hydrogen-bond acceptors (Lipinski definition) is 4. The lowest BCUT2D eigenvalue weighted by Gasteiger charge is -2.10. The van der Waals surface area contributed by atoms with E-state index in [1.54, 1.807) is 32.0 Å². The van der Waals surface area contributed by atoms with E-state index in [-0.39, 0.29) is 12.4 Å². The van der Waals surface area contributed by atoms with Crippen molar-refractivity contribution in [3.8, 4) is 0 Å². The first kappa shape index (κ1) is 17.2. The zero-order valence-electron chi connectivity index (χ0n) is 12.0. The summed E-state index contributed by atoms with van der Waals surface area (Å²) >= 11 is 0. The van der Waals surface area contributed by atoms with Gasteiger partial charge in [0.05, 0.1) is 12.4 Å². The number of carboxylic acid groups (broad SMARTS) is 1. The maximum Gasteiger partial charge on any atom is 0.328 e. The third-order valence-electron chi connectivity index (χ3n) is 2.49. The van der Waals surface area contributed by atoms with E-state index in [4.69, 9.17) is 9.84 Å². The van der Waals surface area contributed by atoms with Crippen LogP contribution >= 0.6 is 0 Å². The topological polar surface area (TPSA) is 92.7 Å². The van der Waals surface area contributed by atoms with Crippen LogP contribution in [0.15, 0.2) is 24.3 Å². The van der Waals surface area contributed by atoms with Gasteiger partial charge in [0.2, 0.25) is 10.0 Å². The smallest absolute Gasteiger partial charge is 0.328 e. The largest absolute Gasteiger partial charge is 0.478 e. The monoisotopic (exact) mass is 313 g/mol. The van der Waals surface area contributed by atoms with E-state index < -0.39 is 16.0 Å². The van der Waals surface area contributed by atoms with Crippen LogP contribution in [0.3, 0.4) is 0 Å². The minimum atomic E-state index is -3.49. The molecule has 0 aliphatic rings. The van der Waals surface area contributed by atoms with Gasteiger partial charge in [0.15, 0.2) is 0 Å². The van der Waals surface area contributed by atoms with Crippen molar-refractivity contribution >= 4 is 27.8 Å². The molecule has 0 saturated heterocycles. The Morgan fingerprint density at radius 1 is 1.38 bits per heavy atom. The fourth-order valence-corrected chi connectivity index (χ4v) is 2.60. The summed E-state index contributed by atoms with van der Waals surface area (Å²) < 4.78 is 31.2. The Labute approximate surface area is 124 Å². The lowest BCUT2D eigenvalue weighted by atomic mass is 10.1. The van der Waals surface area contributed by atoms with Gasteiger partial charge in [-0.25, -0.2) is 13.2 Å². The highest BCUT2D eigenvalue weighted by atomic mass is 32.2. The number of anilines is 1. The van der Waals surface area contributed by atoms with Gasteiger partial charge >= 0.3 is 5.97 Å². The Morgan fingerprint density at radius 3 is 2.71 bits per heavy atom. The van der Waals surface area contributed by atoms with Crippen LogP contribution in [0, 0.1) is 6.92 Å². The zero-order chi connectivity index (χ0) is 15.9. The summed E-state index contributed by atoms with van der Waals surface area (Å²) in [5.74, 6) is -1.19. The molecule has 0 spiro atoms. The molecule has 0 aliphatic carbocycles. The molecule has 7 heteroatoms. The van der Waals surface area contributed by atoms with Crippen molar-refractivity contribution < 1.29 is 23.1 Å². The number of benzene rings is 1. The number of rotatable bonds is 8. The number of sulfonamides is 1. The molecule has 116 valence electrons. The van der Waals surface area contributed by atoms with Gasteiger partial charge in [-0.2, -0.15) is 0 Å². The number of carbonyl (C=O) groups is 1. The Bertz CT molecular complexity index is 622. The summed E-state index contributed by atoms with van der Waals surface area (Å²) in [6, 6.07) is 5.01. The van der Waals surface area contributed by atoms with Crippen LogP contribution in [0.25, 0.3) is 6.08 Å². The lowest BCUT2D eigenvalue weighted by Crippen LogP contribution is -2.20.